The lowest BCUT2D eigenvalue weighted by Gasteiger charge is -2.13. The van der Waals surface area contributed by atoms with Crippen LogP contribution in [0.3, 0.4) is 0 Å². The molecule has 0 aliphatic heterocycles. The molecule has 1 aromatic heterocycles. The summed E-state index contributed by atoms with van der Waals surface area (Å²) in [6, 6.07) is 0. The van der Waals surface area contributed by atoms with Gasteiger partial charge in [-0.05, 0) is 20.1 Å². The van der Waals surface area contributed by atoms with Crippen molar-refractivity contribution in [1.82, 2.24) is 20.5 Å². The maximum atomic E-state index is 10.5. The zero-order valence-electron chi connectivity index (χ0n) is 11.3. The van der Waals surface area contributed by atoms with E-state index in [4.69, 9.17) is 11.5 Å². The molecule has 19 heavy (non-hydrogen) atoms. The van der Waals surface area contributed by atoms with Crippen LogP contribution in [0.25, 0.3) is 0 Å². The van der Waals surface area contributed by atoms with Crippen LogP contribution in [0.2, 0.25) is 0 Å². The molecule has 9 nitrogen and oxygen atoms in total. The minimum atomic E-state index is -0.553. The lowest BCUT2D eigenvalue weighted by molar-refractivity contribution is 0.153. The number of anilines is 2. The first kappa shape index (κ1) is 17.0. The molecule has 0 radical (unpaired) electrons. The van der Waals surface area contributed by atoms with Crippen LogP contribution in [0.15, 0.2) is 5.16 Å². The van der Waals surface area contributed by atoms with Crippen LogP contribution in [0.5, 0.6) is 0 Å². The van der Waals surface area contributed by atoms with Gasteiger partial charge in [0.25, 0.3) is 0 Å². The average molecular weight is 289 g/mol. The highest BCUT2D eigenvalue weighted by atomic mass is 32.2. The molecule has 0 unspecified atom stereocenters. The van der Waals surface area contributed by atoms with E-state index in [1.807, 2.05) is 20.1 Å². The van der Waals surface area contributed by atoms with E-state index in [0.29, 0.717) is 0 Å². The number of hydrogen-bond donors (Lipinski definition) is 4. The monoisotopic (exact) mass is 289 g/mol. The Morgan fingerprint density at radius 2 is 2.21 bits per heavy atom. The molecular formula is C9H19N7O2S. The van der Waals surface area contributed by atoms with Crippen molar-refractivity contribution in [3.8, 4) is 0 Å². The number of oxime groups is 1. The lowest BCUT2D eigenvalue weighted by Crippen LogP contribution is -2.19. The molecule has 1 amide bonds. The van der Waals surface area contributed by atoms with E-state index in [0.717, 1.165) is 0 Å². The second-order valence-electron chi connectivity index (χ2n) is 3.75. The van der Waals surface area contributed by atoms with E-state index >= 15 is 0 Å². The van der Waals surface area contributed by atoms with Crippen molar-refractivity contribution in [2.24, 2.45) is 5.16 Å². The number of nitrogens with one attached hydrogen (secondary N) is 2. The fourth-order valence-corrected chi connectivity index (χ4v) is 0.736. The summed E-state index contributed by atoms with van der Waals surface area (Å²) in [4.78, 5) is 18.5. The first-order valence-corrected chi connectivity index (χ1v) is 6.45. The maximum Gasteiger partial charge on any atom is 0.433 e. The molecule has 0 aliphatic rings. The van der Waals surface area contributed by atoms with Gasteiger partial charge in [0, 0.05) is 11.8 Å². The van der Waals surface area contributed by atoms with Crippen LogP contribution < -0.4 is 16.8 Å². The van der Waals surface area contributed by atoms with Crippen LogP contribution in [0, 0.1) is 0 Å². The van der Waals surface area contributed by atoms with Crippen LogP contribution in [-0.2, 0) is 4.84 Å². The van der Waals surface area contributed by atoms with Gasteiger partial charge in [0.1, 0.15) is 0 Å². The van der Waals surface area contributed by atoms with Gasteiger partial charge in [-0.1, -0.05) is 5.16 Å². The number of nitrogens with two attached hydrogens (primary N) is 2. The van der Waals surface area contributed by atoms with E-state index in [1.165, 1.54) is 7.05 Å². The van der Waals surface area contributed by atoms with Crippen molar-refractivity contribution in [1.29, 1.82) is 0 Å². The van der Waals surface area contributed by atoms with Crippen molar-refractivity contribution >= 4 is 36.0 Å². The predicted octanol–water partition coefficient (Wildman–Crippen LogP) is 0.439. The number of H-pyrrole nitrogens is 1. The van der Waals surface area contributed by atoms with E-state index in [2.05, 4.69) is 30.5 Å². The quantitative estimate of drug-likeness (QED) is 0.359. The maximum absolute atomic E-state index is 10.5. The van der Waals surface area contributed by atoms with Gasteiger partial charge in [0.2, 0.25) is 11.9 Å². The molecule has 0 atom stereocenters. The van der Waals surface area contributed by atoms with Crippen molar-refractivity contribution in [2.45, 2.75) is 18.6 Å². The molecule has 1 heterocycles. The summed E-state index contributed by atoms with van der Waals surface area (Å²) >= 11 is 1.63. The van der Waals surface area contributed by atoms with Gasteiger partial charge >= 0.3 is 6.09 Å². The third-order valence-electron chi connectivity index (χ3n) is 1.75. The molecule has 1 rings (SSSR count). The summed E-state index contributed by atoms with van der Waals surface area (Å²) in [5.74, 6) is 0.426. The SMILES string of the molecule is CNC(=O)O/N=C/C(C)(C)SC.Nc1n[nH]c(N)n1. The Morgan fingerprint density at radius 3 is 2.53 bits per heavy atom. The molecule has 0 aliphatic carbocycles. The van der Waals surface area contributed by atoms with Crippen molar-refractivity contribution in [2.75, 3.05) is 24.8 Å². The Labute approximate surface area is 115 Å². The molecule has 0 saturated heterocycles. The van der Waals surface area contributed by atoms with Crippen molar-refractivity contribution < 1.29 is 9.63 Å². The smallest absolute Gasteiger partial charge is 0.368 e. The van der Waals surface area contributed by atoms with E-state index < -0.39 is 6.09 Å². The van der Waals surface area contributed by atoms with E-state index in [-0.39, 0.29) is 16.6 Å². The Balaban J connectivity index is 0.000000388. The zero-order chi connectivity index (χ0) is 14.9. The Morgan fingerprint density at radius 1 is 1.58 bits per heavy atom. The minimum absolute atomic E-state index is 0.103. The summed E-state index contributed by atoms with van der Waals surface area (Å²) in [6.07, 6.45) is 3.00. The summed E-state index contributed by atoms with van der Waals surface area (Å²) in [5, 5.41) is 11.6. The van der Waals surface area contributed by atoms with E-state index in [1.54, 1.807) is 18.0 Å². The first-order chi connectivity index (χ1) is 8.80. The molecule has 0 bridgehead atoms. The van der Waals surface area contributed by atoms with Gasteiger partial charge in [-0.3, -0.25) is 4.84 Å². The molecule has 0 aromatic carbocycles. The summed E-state index contributed by atoms with van der Waals surface area (Å²) < 4.78 is -0.103. The highest BCUT2D eigenvalue weighted by Crippen LogP contribution is 2.17. The van der Waals surface area contributed by atoms with Gasteiger partial charge in [-0.25, -0.2) is 9.89 Å². The molecular weight excluding hydrogens is 270 g/mol. The Hall–Kier alpha value is -1.97. The molecule has 0 fully saturated rings. The standard InChI is InChI=1S/C7H14N2O2S.C2H5N5/c1-7(2,12-4)5-9-11-6(10)8-3;3-1-5-2(4)7-6-1/h5H,1-4H3,(H,8,10);(H5,3,4,5,6,7)/b9-5+;. The normalized spacial score (nSPS) is 10.7. The largest absolute Gasteiger partial charge is 0.433 e. The number of aromatic nitrogens is 3. The number of hydrogen-bond acceptors (Lipinski definition) is 8. The fraction of sp³-hybridized carbons (Fsp3) is 0.556. The molecule has 0 saturated carbocycles. The fourth-order valence-electron chi connectivity index (χ4n) is 0.587. The summed E-state index contributed by atoms with van der Waals surface area (Å²) in [7, 11) is 1.48. The van der Waals surface area contributed by atoms with Crippen LogP contribution >= 0.6 is 11.8 Å². The first-order valence-electron chi connectivity index (χ1n) is 5.22. The second-order valence-corrected chi connectivity index (χ2v) is 5.21. The number of nitrogens with zero attached hydrogens (tertiary/aromatic N) is 3. The average Bonchev–Trinajstić information content (AvgIpc) is 2.73. The van der Waals surface area contributed by atoms with Gasteiger partial charge in [-0.2, -0.15) is 16.7 Å². The van der Waals surface area contributed by atoms with Gasteiger partial charge in [-0.15, -0.1) is 5.10 Å². The summed E-state index contributed by atoms with van der Waals surface area (Å²) in [5.41, 5.74) is 10.1. The molecule has 10 heteroatoms. The van der Waals surface area contributed by atoms with Gasteiger partial charge in [0.15, 0.2) is 0 Å². The molecule has 108 valence electrons. The Kier molecular flexibility index (Phi) is 7.34. The van der Waals surface area contributed by atoms with Crippen molar-refractivity contribution in [3.63, 3.8) is 0 Å². The van der Waals surface area contributed by atoms with Crippen LogP contribution in [-0.4, -0.2) is 45.5 Å². The molecule has 1 aromatic rings. The number of nitrogen functional groups attached to an aromatic ring is 2. The van der Waals surface area contributed by atoms with Gasteiger partial charge < -0.3 is 16.8 Å². The zero-order valence-corrected chi connectivity index (χ0v) is 12.1. The topological polar surface area (TPSA) is 144 Å². The highest BCUT2D eigenvalue weighted by molar-refractivity contribution is 8.00. The minimum Gasteiger partial charge on any atom is -0.368 e. The third kappa shape index (κ3) is 8.71. The molecule has 6 N–H and O–H groups in total. The third-order valence-corrected chi connectivity index (χ3v) is 2.91. The number of aromatic amines is 1. The van der Waals surface area contributed by atoms with Crippen molar-refractivity contribution in [3.05, 3.63) is 0 Å². The van der Waals surface area contributed by atoms with Crippen LogP contribution in [0.1, 0.15) is 13.8 Å². The number of carbonyl (C=O) groups is 1. The lowest BCUT2D eigenvalue weighted by atomic mass is 10.2. The second kappa shape index (κ2) is 8.19. The van der Waals surface area contributed by atoms with E-state index in [9.17, 15) is 4.79 Å². The highest BCUT2D eigenvalue weighted by Gasteiger charge is 2.12. The Bertz CT molecular complexity index is 402. The summed E-state index contributed by atoms with van der Waals surface area (Å²) in [6.45, 7) is 3.96. The van der Waals surface area contributed by atoms with Crippen LogP contribution in [0.4, 0.5) is 16.7 Å². The van der Waals surface area contributed by atoms with Gasteiger partial charge in [0.05, 0.1) is 6.21 Å². The number of amides is 1. The number of carbonyl (C=O) groups excluding carboxylic acids is 1. The molecule has 0 spiro atoms. The number of rotatable bonds is 3. The predicted molar refractivity (Wildman–Crippen MR) is 76.8 cm³/mol. The number of thioether (sulfide) groups is 1.